The highest BCUT2D eigenvalue weighted by molar-refractivity contribution is 5.95. The Hall–Kier alpha value is -2.43. The molecule has 10 heteroatoms. The van der Waals surface area contributed by atoms with Crippen LogP contribution in [0.1, 0.15) is 83.6 Å². The van der Waals surface area contributed by atoms with E-state index >= 15 is 8.78 Å². The number of anilines is 1. The van der Waals surface area contributed by atoms with Gasteiger partial charge in [-0.05, 0) is 81.5 Å². The van der Waals surface area contributed by atoms with Gasteiger partial charge in [0.1, 0.15) is 17.5 Å². The minimum Gasteiger partial charge on any atom is -0.335 e. The number of rotatable bonds is 6. The molecule has 1 aromatic rings. The molecule has 0 radical (unpaired) electrons. The van der Waals surface area contributed by atoms with E-state index in [0.717, 1.165) is 32.2 Å². The van der Waals surface area contributed by atoms with Crippen LogP contribution in [-0.4, -0.2) is 102 Å². The lowest BCUT2D eigenvalue weighted by Gasteiger charge is -2.54. The minimum absolute atomic E-state index is 0.00942. The summed E-state index contributed by atoms with van der Waals surface area (Å²) in [6, 6.07) is 3.05. The number of halogens is 2. The molecule has 9 rings (SSSR count). The fourth-order valence-electron chi connectivity index (χ4n) is 8.59. The first-order valence-electron chi connectivity index (χ1n) is 17.3. The van der Waals surface area contributed by atoms with E-state index in [9.17, 15) is 14.4 Å². The normalized spacial score (nSPS) is 36.2. The Bertz CT molecular complexity index is 1300. The maximum Gasteiger partial charge on any atom is 0.314 e. The molecule has 8 aliphatic rings. The first-order valence-corrected chi connectivity index (χ1v) is 17.3. The molecule has 8 nitrogen and oxygen atoms in total. The smallest absolute Gasteiger partial charge is 0.314 e. The molecule has 45 heavy (non-hydrogen) atoms. The number of nitrogens with one attached hydrogen (secondary N) is 2. The highest BCUT2D eigenvalue weighted by Gasteiger charge is 2.62. The molecule has 5 atom stereocenters. The first-order chi connectivity index (χ1) is 21.4. The van der Waals surface area contributed by atoms with Gasteiger partial charge in [0.05, 0.1) is 25.2 Å². The van der Waals surface area contributed by atoms with Crippen LogP contribution in [0.25, 0.3) is 0 Å². The molecule has 1 unspecified atom stereocenters. The molecule has 3 amide bonds. The van der Waals surface area contributed by atoms with Crippen LogP contribution in [-0.2, 0) is 14.4 Å². The van der Waals surface area contributed by atoms with Crippen molar-refractivity contribution in [3.8, 4) is 0 Å². The van der Waals surface area contributed by atoms with Crippen molar-refractivity contribution in [1.82, 2.24) is 15.1 Å². The lowest BCUT2D eigenvalue weighted by molar-refractivity contribution is -0.887. The second kappa shape index (κ2) is 12.3. The molecule has 4 bridgehead atoms. The van der Waals surface area contributed by atoms with Crippen LogP contribution in [0.5, 0.6) is 0 Å². The highest BCUT2D eigenvalue weighted by atomic mass is 19.1. The molecular formula is C35H52F2N5O3+. The van der Waals surface area contributed by atoms with Crippen molar-refractivity contribution in [3.05, 3.63) is 29.6 Å². The van der Waals surface area contributed by atoms with Crippen molar-refractivity contribution in [2.45, 2.75) is 108 Å². The van der Waals surface area contributed by atoms with Crippen LogP contribution in [0.3, 0.4) is 0 Å². The number of quaternary nitrogens is 1. The summed E-state index contributed by atoms with van der Waals surface area (Å²) in [7, 11) is 3.86. The Labute approximate surface area is 266 Å². The Morgan fingerprint density at radius 2 is 1.78 bits per heavy atom. The number of benzene rings is 1. The topological polar surface area (TPSA) is 81.8 Å². The second-order valence-electron chi connectivity index (χ2n) is 15.2. The van der Waals surface area contributed by atoms with Crippen molar-refractivity contribution in [3.63, 3.8) is 0 Å². The summed E-state index contributed by atoms with van der Waals surface area (Å²) in [4.78, 5) is 46.7. The second-order valence-corrected chi connectivity index (χ2v) is 15.2. The summed E-state index contributed by atoms with van der Waals surface area (Å²) in [5.74, 6) is -0.682. The lowest BCUT2D eigenvalue weighted by Crippen LogP contribution is -2.74. The van der Waals surface area contributed by atoms with Crippen LogP contribution < -0.4 is 10.6 Å². The van der Waals surface area contributed by atoms with E-state index in [-0.39, 0.29) is 65.7 Å². The largest absolute Gasteiger partial charge is 0.335 e. The van der Waals surface area contributed by atoms with E-state index in [1.165, 1.54) is 6.07 Å². The van der Waals surface area contributed by atoms with Gasteiger partial charge < -0.3 is 20.4 Å². The SMILES string of the molecule is CCCC(=O)[N+]1(C)C2CC(F)(CN[C@@H](C(C3CC3)C3CC3)C(=O)Nc3ccc(cc3F)[C@H](C)[C@@H]1C(=O)N1CCN(C)[C@H](C)C1)C2. The molecule has 248 valence electrons. The Balaban J connectivity index is 1.40. The summed E-state index contributed by atoms with van der Waals surface area (Å²) in [6.45, 7) is 7.69. The van der Waals surface area contributed by atoms with Crippen LogP contribution in [0.4, 0.5) is 14.5 Å². The fraction of sp³-hybridized carbons (Fsp3) is 0.743. The van der Waals surface area contributed by atoms with Gasteiger partial charge in [0.2, 0.25) is 5.91 Å². The molecule has 3 saturated carbocycles. The Kier molecular flexibility index (Phi) is 8.89. The van der Waals surface area contributed by atoms with E-state index in [4.69, 9.17) is 0 Å². The Morgan fingerprint density at radius 3 is 2.36 bits per heavy atom. The predicted molar refractivity (Wildman–Crippen MR) is 170 cm³/mol. The third-order valence-electron chi connectivity index (χ3n) is 12.0. The number of nitrogens with zero attached hydrogens (tertiary/aromatic N) is 3. The molecule has 2 N–H and O–H groups in total. The maximum absolute atomic E-state index is 16.6. The fourth-order valence-corrected chi connectivity index (χ4v) is 8.59. The molecule has 1 aromatic carbocycles. The van der Waals surface area contributed by atoms with Crippen LogP contribution >= 0.6 is 0 Å². The van der Waals surface area contributed by atoms with Crippen molar-refractivity contribution in [1.29, 1.82) is 0 Å². The summed E-state index contributed by atoms with van der Waals surface area (Å²) < 4.78 is 32.2. The number of piperazine rings is 1. The number of alkyl halides is 1. The van der Waals surface area contributed by atoms with Gasteiger partial charge in [0, 0.05) is 51.0 Å². The van der Waals surface area contributed by atoms with Crippen molar-refractivity contribution in [2.75, 3.05) is 45.6 Å². The molecule has 4 fully saturated rings. The molecular weight excluding hydrogens is 576 g/mol. The van der Waals surface area contributed by atoms with Gasteiger partial charge >= 0.3 is 5.91 Å². The molecule has 0 spiro atoms. The van der Waals surface area contributed by atoms with Crippen molar-refractivity contribution in [2.24, 2.45) is 17.8 Å². The first kappa shape index (κ1) is 32.5. The highest BCUT2D eigenvalue weighted by Crippen LogP contribution is 2.52. The van der Waals surface area contributed by atoms with Gasteiger partial charge in [-0.1, -0.05) is 19.9 Å². The number of carbonyl (C=O) groups is 3. The van der Waals surface area contributed by atoms with Crippen molar-refractivity contribution < 1.29 is 27.6 Å². The number of carbonyl (C=O) groups excluding carboxylic acids is 3. The van der Waals surface area contributed by atoms with Gasteiger partial charge in [-0.15, -0.1) is 0 Å². The number of hydrogen-bond acceptors (Lipinski definition) is 5. The van der Waals surface area contributed by atoms with E-state index in [1.54, 1.807) is 12.1 Å². The zero-order valence-corrected chi connectivity index (χ0v) is 27.7. The number of amides is 3. The van der Waals surface area contributed by atoms with Crippen LogP contribution in [0.15, 0.2) is 18.2 Å². The minimum atomic E-state index is -1.60. The van der Waals surface area contributed by atoms with E-state index in [1.807, 2.05) is 32.8 Å². The molecule has 1 saturated heterocycles. The summed E-state index contributed by atoms with van der Waals surface area (Å²) >= 11 is 0. The molecule has 5 aliphatic heterocycles. The maximum atomic E-state index is 16.6. The van der Waals surface area contributed by atoms with Gasteiger partial charge in [-0.25, -0.2) is 18.1 Å². The summed E-state index contributed by atoms with van der Waals surface area (Å²) in [5.41, 5.74) is -0.936. The third kappa shape index (κ3) is 6.19. The average Bonchev–Trinajstić information content (AvgIpc) is 3.91. The van der Waals surface area contributed by atoms with Gasteiger partial charge in [-0.3, -0.25) is 9.59 Å². The lowest BCUT2D eigenvalue weighted by atomic mass is 9.72. The molecule has 3 aliphatic carbocycles. The van der Waals surface area contributed by atoms with Crippen LogP contribution in [0.2, 0.25) is 0 Å². The van der Waals surface area contributed by atoms with E-state index < -0.39 is 35.5 Å². The zero-order valence-electron chi connectivity index (χ0n) is 27.7. The number of likely N-dealkylation sites (N-methyl/N-ethyl adjacent to an activating group) is 2. The van der Waals surface area contributed by atoms with Crippen molar-refractivity contribution >= 4 is 23.4 Å². The quantitative estimate of drug-likeness (QED) is 0.455. The predicted octanol–water partition coefficient (Wildman–Crippen LogP) is 4.45. The summed E-state index contributed by atoms with van der Waals surface area (Å²) in [6.07, 6.45) is 5.39. The summed E-state index contributed by atoms with van der Waals surface area (Å²) in [5, 5.41) is 6.16. The number of hydrogen-bond donors (Lipinski definition) is 2. The van der Waals surface area contributed by atoms with E-state index in [0.29, 0.717) is 36.9 Å². The third-order valence-corrected chi connectivity index (χ3v) is 12.0. The molecule has 0 aromatic heterocycles. The molecule has 5 heterocycles. The Morgan fingerprint density at radius 1 is 1.11 bits per heavy atom. The van der Waals surface area contributed by atoms with Gasteiger partial charge in [0.25, 0.3) is 5.91 Å². The standard InChI is InChI=1S/C35H51F2N5O3/c1-6-7-29(43)42(5)26-17-35(37,18-26)20-38-31(30(23-8-9-23)24-10-11-24)33(44)39-28-13-12-25(16-27(28)36)22(3)32(42)34(45)41-15-14-40(4)21(2)19-41/h12-13,16,21-24,26,30-32,38H,6-11,14-15,17-20H2,1-5H3/p+1/t21-,22+,26?,31+,32-,35?,42?/m1/s1. The van der Waals surface area contributed by atoms with Gasteiger partial charge in [-0.2, -0.15) is 0 Å². The van der Waals surface area contributed by atoms with E-state index in [2.05, 4.69) is 22.5 Å². The monoisotopic (exact) mass is 628 g/mol. The van der Waals surface area contributed by atoms with Crippen LogP contribution in [0, 0.1) is 23.6 Å². The van der Waals surface area contributed by atoms with Gasteiger partial charge in [0.15, 0.2) is 6.04 Å². The zero-order chi connectivity index (χ0) is 32.3. The average molecular weight is 629 g/mol.